The molecule has 0 saturated heterocycles. The van der Waals surface area contributed by atoms with Crippen molar-refractivity contribution in [1.29, 1.82) is 5.26 Å². The lowest BCUT2D eigenvalue weighted by Crippen LogP contribution is -1.98. The van der Waals surface area contributed by atoms with Crippen molar-refractivity contribution in [2.24, 2.45) is 4.99 Å². The minimum absolute atomic E-state index is 0.103. The first kappa shape index (κ1) is 22.6. The number of aliphatic imine (C=N–C) groups is 1. The van der Waals surface area contributed by atoms with E-state index in [-0.39, 0.29) is 11.4 Å². The maximum Gasteiger partial charge on any atom is 0.238 e. The van der Waals surface area contributed by atoms with Gasteiger partial charge in [-0.1, -0.05) is 35.3 Å². The Hall–Kier alpha value is -4.18. The fourth-order valence-corrected chi connectivity index (χ4v) is 3.91. The van der Waals surface area contributed by atoms with E-state index in [0.29, 0.717) is 50.8 Å². The number of halogens is 2. The van der Waals surface area contributed by atoms with E-state index in [9.17, 15) is 5.26 Å². The van der Waals surface area contributed by atoms with Crippen LogP contribution < -0.4 is 4.74 Å². The Morgan fingerprint density at radius 1 is 0.914 bits per heavy atom. The van der Waals surface area contributed by atoms with E-state index in [4.69, 9.17) is 41.2 Å². The summed E-state index contributed by atoms with van der Waals surface area (Å²) in [5, 5.41) is 11.1. The lowest BCUT2D eigenvalue weighted by atomic mass is 10.1. The fourth-order valence-electron chi connectivity index (χ4n) is 3.52. The number of benzene rings is 2. The second-order valence-corrected chi connectivity index (χ2v) is 8.28. The molecule has 0 unspecified atom stereocenters. The van der Waals surface area contributed by atoms with Gasteiger partial charge in [0.05, 0.1) is 18.1 Å². The molecule has 6 nitrogen and oxygen atoms in total. The molecule has 35 heavy (non-hydrogen) atoms. The highest BCUT2D eigenvalue weighted by Crippen LogP contribution is 2.43. The first-order valence-corrected chi connectivity index (χ1v) is 11.2. The first-order valence-electron chi connectivity index (χ1n) is 10.5. The van der Waals surface area contributed by atoms with Crippen molar-refractivity contribution in [3.05, 3.63) is 106 Å². The largest absolute Gasteiger partial charge is 0.488 e. The number of ether oxygens (including phenoxy) is 1. The molecule has 0 atom stereocenters. The number of hydrogen-bond acceptors (Lipinski definition) is 6. The van der Waals surface area contributed by atoms with Crippen molar-refractivity contribution < 1.29 is 18.0 Å². The summed E-state index contributed by atoms with van der Waals surface area (Å²) in [6.45, 7) is 0.304. The molecule has 0 aliphatic carbocycles. The second-order valence-electron chi connectivity index (χ2n) is 7.41. The van der Waals surface area contributed by atoms with Crippen LogP contribution in [0.3, 0.4) is 0 Å². The van der Waals surface area contributed by atoms with Gasteiger partial charge >= 0.3 is 0 Å². The van der Waals surface area contributed by atoms with E-state index in [0.717, 1.165) is 5.56 Å². The van der Waals surface area contributed by atoms with Gasteiger partial charge in [0, 0.05) is 21.8 Å². The molecule has 0 bridgehead atoms. The Kier molecular flexibility index (Phi) is 6.44. The van der Waals surface area contributed by atoms with Gasteiger partial charge in [-0.25, -0.2) is 4.99 Å². The van der Waals surface area contributed by atoms with E-state index >= 15 is 0 Å². The zero-order chi connectivity index (χ0) is 24.2. The zero-order valence-corrected chi connectivity index (χ0v) is 19.6. The molecule has 0 amide bonds. The summed E-state index contributed by atoms with van der Waals surface area (Å²) >= 11 is 12.3. The number of hydrogen-bond donors (Lipinski definition) is 0. The molecule has 8 heteroatoms. The summed E-state index contributed by atoms with van der Waals surface area (Å²) in [5.41, 5.74) is 2.20. The van der Waals surface area contributed by atoms with E-state index in [1.54, 1.807) is 48.5 Å². The predicted molar refractivity (Wildman–Crippen MR) is 133 cm³/mol. The smallest absolute Gasteiger partial charge is 0.238 e. The highest BCUT2D eigenvalue weighted by Gasteiger charge is 2.26. The van der Waals surface area contributed by atoms with Crippen LogP contribution in [0.2, 0.25) is 10.0 Å². The van der Waals surface area contributed by atoms with Gasteiger partial charge in [-0.2, -0.15) is 5.26 Å². The topological polar surface area (TPSA) is 84.8 Å². The third-order valence-corrected chi connectivity index (χ3v) is 5.56. The Balaban J connectivity index is 1.51. The lowest BCUT2D eigenvalue weighted by Gasteiger charge is -2.10. The van der Waals surface area contributed by atoms with Crippen LogP contribution in [0.1, 0.15) is 16.7 Å². The van der Waals surface area contributed by atoms with Gasteiger partial charge in [-0.3, -0.25) is 0 Å². The van der Waals surface area contributed by atoms with Crippen LogP contribution in [0.25, 0.3) is 22.8 Å². The maximum absolute atomic E-state index is 9.92. The second kappa shape index (κ2) is 9.98. The molecule has 0 spiro atoms. The van der Waals surface area contributed by atoms with Crippen molar-refractivity contribution >= 4 is 35.3 Å². The molecule has 5 rings (SSSR count). The summed E-state index contributed by atoms with van der Waals surface area (Å²) in [5.74, 6) is 1.91. The molecule has 172 valence electrons. The number of nitriles is 1. The van der Waals surface area contributed by atoms with Crippen LogP contribution in [0.4, 0.5) is 5.88 Å². The molecular formula is C27H16Cl2N2O4. The summed E-state index contributed by atoms with van der Waals surface area (Å²) < 4.78 is 23.0. The fraction of sp³-hybridized carbons (Fsp3) is 0.0370. The van der Waals surface area contributed by atoms with Crippen LogP contribution in [0.5, 0.6) is 5.75 Å². The van der Waals surface area contributed by atoms with Crippen LogP contribution in [-0.4, -0.2) is 6.21 Å². The van der Waals surface area contributed by atoms with Gasteiger partial charge in [-0.05, 0) is 60.2 Å². The Morgan fingerprint density at radius 2 is 1.69 bits per heavy atom. The molecule has 3 heterocycles. The molecule has 0 aliphatic rings. The summed E-state index contributed by atoms with van der Waals surface area (Å²) in [6.07, 6.45) is 4.58. The first-order chi connectivity index (χ1) is 17.1. The van der Waals surface area contributed by atoms with Gasteiger partial charge in [0.1, 0.15) is 29.7 Å². The average Bonchev–Trinajstić information content (AvgIpc) is 3.62. The maximum atomic E-state index is 9.92. The van der Waals surface area contributed by atoms with Gasteiger partial charge in [-0.15, -0.1) is 0 Å². The van der Waals surface area contributed by atoms with E-state index in [1.807, 2.05) is 18.2 Å². The quantitative estimate of drug-likeness (QED) is 0.209. The number of rotatable bonds is 7. The molecule has 0 fully saturated rings. The molecule has 5 aromatic rings. The van der Waals surface area contributed by atoms with Gasteiger partial charge in [0.15, 0.2) is 11.5 Å². The van der Waals surface area contributed by atoms with Crippen molar-refractivity contribution in [3.8, 4) is 34.7 Å². The summed E-state index contributed by atoms with van der Waals surface area (Å²) in [4.78, 5) is 4.46. The van der Waals surface area contributed by atoms with E-state index < -0.39 is 0 Å². The van der Waals surface area contributed by atoms with Gasteiger partial charge in [0.25, 0.3) is 0 Å². The molecule has 0 radical (unpaired) electrons. The predicted octanol–water partition coefficient (Wildman–Crippen LogP) is 8.31. The molecule has 0 aliphatic heterocycles. The van der Waals surface area contributed by atoms with Crippen molar-refractivity contribution in [2.45, 2.75) is 6.61 Å². The Bertz CT molecular complexity index is 1530. The van der Waals surface area contributed by atoms with E-state index in [2.05, 4.69) is 11.1 Å². The standard InChI is InChI=1S/C27H16Cl2N2O4/c28-19-5-1-4-17(12-19)16-34-22-9-8-20(29)13-18(22)15-31-27-21(14-30)25(23-6-2-10-32-23)26(35-27)24-7-3-11-33-24/h1-13,15H,16H2. The number of nitrogens with zero attached hydrogens (tertiary/aromatic N) is 2. The third kappa shape index (κ3) is 4.87. The average molecular weight is 503 g/mol. The van der Waals surface area contributed by atoms with Crippen molar-refractivity contribution in [1.82, 2.24) is 0 Å². The molecule has 3 aromatic heterocycles. The van der Waals surface area contributed by atoms with Crippen LogP contribution in [-0.2, 0) is 6.61 Å². The number of furan rings is 3. The molecular weight excluding hydrogens is 487 g/mol. The van der Waals surface area contributed by atoms with E-state index in [1.165, 1.54) is 18.7 Å². The lowest BCUT2D eigenvalue weighted by molar-refractivity contribution is 0.306. The summed E-state index contributed by atoms with van der Waals surface area (Å²) in [6, 6.07) is 21.7. The molecule has 2 aromatic carbocycles. The monoisotopic (exact) mass is 502 g/mol. The van der Waals surface area contributed by atoms with Gasteiger partial charge in [0.2, 0.25) is 5.88 Å². The minimum atomic E-state index is 0.103. The molecule has 0 saturated carbocycles. The Labute approximate surface area is 210 Å². The van der Waals surface area contributed by atoms with Crippen LogP contribution in [0.15, 0.2) is 97.5 Å². The molecule has 0 N–H and O–H groups in total. The normalized spacial score (nSPS) is 11.1. The minimum Gasteiger partial charge on any atom is -0.488 e. The highest BCUT2D eigenvalue weighted by atomic mass is 35.5. The SMILES string of the molecule is N#Cc1c(N=Cc2cc(Cl)ccc2OCc2cccc(Cl)c2)oc(-c2ccco2)c1-c1ccco1. The van der Waals surface area contributed by atoms with Crippen molar-refractivity contribution in [2.75, 3.05) is 0 Å². The van der Waals surface area contributed by atoms with Crippen molar-refractivity contribution in [3.63, 3.8) is 0 Å². The van der Waals surface area contributed by atoms with Crippen LogP contribution in [0, 0.1) is 11.3 Å². The highest BCUT2D eigenvalue weighted by molar-refractivity contribution is 6.31. The Morgan fingerprint density at radius 3 is 2.40 bits per heavy atom. The third-order valence-electron chi connectivity index (χ3n) is 5.09. The zero-order valence-electron chi connectivity index (χ0n) is 18.1. The van der Waals surface area contributed by atoms with Gasteiger partial charge < -0.3 is 18.0 Å². The van der Waals surface area contributed by atoms with Crippen LogP contribution >= 0.6 is 23.2 Å². The summed E-state index contributed by atoms with van der Waals surface area (Å²) in [7, 11) is 0.